The number of anilines is 1. The molecule has 0 spiro atoms. The number of aliphatic imine (C=N–C) groups is 1. The lowest BCUT2D eigenvalue weighted by Crippen LogP contribution is -2.37. The first-order valence-corrected chi connectivity index (χ1v) is 12.2. The van der Waals surface area contributed by atoms with Crippen molar-refractivity contribution in [2.24, 2.45) is 4.99 Å². The fourth-order valence-corrected chi connectivity index (χ4v) is 3.97. The van der Waals surface area contributed by atoms with E-state index >= 15 is 0 Å². The summed E-state index contributed by atoms with van der Waals surface area (Å²) in [5.74, 6) is 1.19. The van der Waals surface area contributed by atoms with Crippen LogP contribution in [0.4, 0.5) is 5.82 Å². The first kappa shape index (κ1) is 27.5. The van der Waals surface area contributed by atoms with Crippen LogP contribution in [0.2, 0.25) is 0 Å². The maximum atomic E-state index is 12.1. The van der Waals surface area contributed by atoms with E-state index in [1.807, 2.05) is 12.4 Å². The second-order valence-corrected chi connectivity index (χ2v) is 8.66. The number of Topliss-reactive ketones (excluding diaryl/α,β-unsaturated/α-hetero) is 1. The van der Waals surface area contributed by atoms with E-state index in [-0.39, 0.29) is 17.5 Å². The summed E-state index contributed by atoms with van der Waals surface area (Å²) < 4.78 is 0. The van der Waals surface area contributed by atoms with Crippen molar-refractivity contribution >= 4 is 23.3 Å². The number of pyridine rings is 1. The molecule has 4 N–H and O–H groups in total. The number of hydrogen-bond donors (Lipinski definition) is 4. The van der Waals surface area contributed by atoms with Crippen LogP contribution >= 0.6 is 0 Å². The Labute approximate surface area is 203 Å². The van der Waals surface area contributed by atoms with Crippen molar-refractivity contribution in [1.29, 1.82) is 0 Å². The van der Waals surface area contributed by atoms with Crippen LogP contribution in [0, 0.1) is 0 Å². The SMILES string of the molecule is C/C=C\C(=N[C@@H](CCN(CCCCc1ccc2c(n1)NCCC2)CCNC(C)=O)C(C)=O)NO. The molecule has 0 aliphatic carbocycles. The number of fused-ring (bicyclic) bond motifs is 1. The third-order valence-corrected chi connectivity index (χ3v) is 5.83. The van der Waals surface area contributed by atoms with E-state index in [1.165, 1.54) is 19.4 Å². The summed E-state index contributed by atoms with van der Waals surface area (Å²) in [5.41, 5.74) is 4.45. The summed E-state index contributed by atoms with van der Waals surface area (Å²) in [6.45, 7) is 8.62. The van der Waals surface area contributed by atoms with Crippen molar-refractivity contribution in [2.75, 3.05) is 38.0 Å². The number of carbonyl (C=O) groups excluding carboxylic acids is 2. The molecule has 2 heterocycles. The largest absolute Gasteiger partial charge is 0.370 e. The zero-order valence-electron chi connectivity index (χ0n) is 20.8. The number of rotatable bonds is 14. The minimum atomic E-state index is -0.540. The minimum Gasteiger partial charge on any atom is -0.370 e. The Bertz CT molecular complexity index is 855. The van der Waals surface area contributed by atoms with Crippen LogP contribution in [0.3, 0.4) is 0 Å². The Balaban J connectivity index is 1.89. The number of nitrogens with one attached hydrogen (secondary N) is 3. The molecular formula is C25H40N6O3. The van der Waals surface area contributed by atoms with Gasteiger partial charge in [0.15, 0.2) is 5.78 Å². The zero-order chi connectivity index (χ0) is 24.8. The number of ketones is 1. The molecule has 1 amide bonds. The predicted octanol–water partition coefficient (Wildman–Crippen LogP) is 2.50. The van der Waals surface area contributed by atoms with Gasteiger partial charge < -0.3 is 15.5 Å². The second-order valence-electron chi connectivity index (χ2n) is 8.66. The maximum absolute atomic E-state index is 12.1. The highest BCUT2D eigenvalue weighted by Gasteiger charge is 2.16. The summed E-state index contributed by atoms with van der Waals surface area (Å²) in [6, 6.07) is 3.78. The average molecular weight is 473 g/mol. The van der Waals surface area contributed by atoms with E-state index in [2.05, 4.69) is 32.7 Å². The van der Waals surface area contributed by atoms with E-state index in [0.717, 1.165) is 56.7 Å². The van der Waals surface area contributed by atoms with Crippen LogP contribution in [0.1, 0.15) is 57.7 Å². The van der Waals surface area contributed by atoms with Gasteiger partial charge in [-0.25, -0.2) is 4.98 Å². The number of unbranched alkanes of at least 4 members (excludes halogenated alkanes) is 1. The van der Waals surface area contributed by atoms with Gasteiger partial charge in [-0.1, -0.05) is 12.1 Å². The van der Waals surface area contributed by atoms with Crippen molar-refractivity contribution in [3.63, 3.8) is 0 Å². The Morgan fingerprint density at radius 1 is 1.26 bits per heavy atom. The maximum Gasteiger partial charge on any atom is 0.216 e. The average Bonchev–Trinajstić information content (AvgIpc) is 2.82. The molecule has 1 aromatic heterocycles. The van der Waals surface area contributed by atoms with Gasteiger partial charge in [0, 0.05) is 38.8 Å². The number of amidine groups is 1. The molecule has 0 unspecified atom stereocenters. The van der Waals surface area contributed by atoms with Crippen LogP contribution in [0.5, 0.6) is 0 Å². The molecule has 34 heavy (non-hydrogen) atoms. The summed E-state index contributed by atoms with van der Waals surface area (Å²) in [7, 11) is 0. The molecule has 2 rings (SSSR count). The minimum absolute atomic E-state index is 0.0499. The van der Waals surface area contributed by atoms with Crippen LogP contribution in [0.15, 0.2) is 29.3 Å². The lowest BCUT2D eigenvalue weighted by molar-refractivity contribution is -0.119. The number of hydroxylamine groups is 1. The van der Waals surface area contributed by atoms with Gasteiger partial charge in [0.2, 0.25) is 5.91 Å². The predicted molar refractivity (Wildman–Crippen MR) is 135 cm³/mol. The Kier molecular flexibility index (Phi) is 12.3. The third-order valence-electron chi connectivity index (χ3n) is 5.83. The molecule has 0 radical (unpaired) electrons. The van der Waals surface area contributed by atoms with Gasteiger partial charge in [-0.15, -0.1) is 0 Å². The number of aryl methyl sites for hydroxylation is 2. The van der Waals surface area contributed by atoms with Crippen LogP contribution in [-0.2, 0) is 22.4 Å². The lowest BCUT2D eigenvalue weighted by atomic mass is 10.1. The van der Waals surface area contributed by atoms with Gasteiger partial charge in [-0.05, 0) is 76.6 Å². The quantitative estimate of drug-likeness (QED) is 0.142. The van der Waals surface area contributed by atoms with Gasteiger partial charge >= 0.3 is 0 Å². The van der Waals surface area contributed by atoms with Gasteiger partial charge in [-0.3, -0.25) is 25.3 Å². The molecule has 9 nitrogen and oxygen atoms in total. The molecule has 0 saturated heterocycles. The van der Waals surface area contributed by atoms with Crippen molar-refractivity contribution in [1.82, 2.24) is 20.7 Å². The standard InChI is InChI=1S/C25H40N6O3/c1-4-8-24(30-34)29-23(19(2)32)13-17-31(18-15-26-20(3)33)16-6-5-10-22-12-11-21-9-7-14-27-25(21)28-22/h4,8,11-12,23,34H,5-7,9-10,13-18H2,1-3H3,(H,26,33)(H,27,28)(H,29,30)/b8-4-/t23-/m0/s1. The number of aromatic nitrogens is 1. The van der Waals surface area contributed by atoms with Gasteiger partial charge in [0.1, 0.15) is 17.7 Å². The topological polar surface area (TPSA) is 119 Å². The highest BCUT2D eigenvalue weighted by Crippen LogP contribution is 2.20. The van der Waals surface area contributed by atoms with E-state index < -0.39 is 6.04 Å². The van der Waals surface area contributed by atoms with E-state index in [1.54, 1.807) is 12.2 Å². The van der Waals surface area contributed by atoms with Crippen LogP contribution in [0.25, 0.3) is 0 Å². The first-order valence-electron chi connectivity index (χ1n) is 12.2. The Morgan fingerprint density at radius 2 is 2.09 bits per heavy atom. The number of allylic oxidation sites excluding steroid dienone is 1. The summed E-state index contributed by atoms with van der Waals surface area (Å²) in [4.78, 5) is 34.8. The van der Waals surface area contributed by atoms with Crippen LogP contribution < -0.4 is 16.1 Å². The fraction of sp³-hybridized carbons (Fsp3) is 0.600. The first-order chi connectivity index (χ1) is 16.4. The van der Waals surface area contributed by atoms with Gasteiger partial charge in [0.05, 0.1) is 0 Å². The molecule has 1 aromatic rings. The lowest BCUT2D eigenvalue weighted by Gasteiger charge is -2.24. The number of nitrogens with zero attached hydrogens (tertiary/aromatic N) is 3. The highest BCUT2D eigenvalue weighted by molar-refractivity contribution is 5.94. The molecule has 0 saturated carbocycles. The smallest absolute Gasteiger partial charge is 0.216 e. The molecule has 0 fully saturated rings. The van der Waals surface area contributed by atoms with Gasteiger partial charge in [0.25, 0.3) is 0 Å². The van der Waals surface area contributed by atoms with E-state index in [9.17, 15) is 14.8 Å². The van der Waals surface area contributed by atoms with Crippen LogP contribution in [-0.4, -0.2) is 71.4 Å². The Morgan fingerprint density at radius 3 is 2.79 bits per heavy atom. The van der Waals surface area contributed by atoms with Crippen molar-refractivity contribution in [2.45, 2.75) is 65.3 Å². The molecule has 0 aromatic carbocycles. The molecule has 1 aliphatic rings. The second kappa shape index (κ2) is 15.2. The number of hydrogen-bond acceptors (Lipinski definition) is 7. The molecule has 9 heteroatoms. The monoisotopic (exact) mass is 472 g/mol. The van der Waals surface area contributed by atoms with Gasteiger partial charge in [-0.2, -0.15) is 0 Å². The summed E-state index contributed by atoms with van der Waals surface area (Å²) in [6.07, 6.45) is 9.07. The summed E-state index contributed by atoms with van der Waals surface area (Å²) in [5, 5.41) is 15.5. The molecular weight excluding hydrogens is 432 g/mol. The fourth-order valence-electron chi connectivity index (χ4n) is 3.97. The number of amides is 1. The molecule has 1 atom stereocenters. The zero-order valence-corrected chi connectivity index (χ0v) is 20.8. The van der Waals surface area contributed by atoms with E-state index in [4.69, 9.17) is 4.98 Å². The molecule has 1 aliphatic heterocycles. The van der Waals surface area contributed by atoms with Crippen molar-refractivity contribution in [3.05, 3.63) is 35.5 Å². The molecule has 0 bridgehead atoms. The van der Waals surface area contributed by atoms with E-state index in [0.29, 0.717) is 26.1 Å². The highest BCUT2D eigenvalue weighted by atomic mass is 16.5. The normalized spacial score (nSPS) is 14.6. The van der Waals surface area contributed by atoms with Crippen molar-refractivity contribution < 1.29 is 14.8 Å². The summed E-state index contributed by atoms with van der Waals surface area (Å²) >= 11 is 0. The number of carbonyl (C=O) groups is 2. The third kappa shape index (κ3) is 10.0. The van der Waals surface area contributed by atoms with Crippen molar-refractivity contribution in [3.8, 4) is 0 Å². The molecule has 188 valence electrons. The Hall–Kier alpha value is -2.78.